The minimum absolute atomic E-state index is 0.210. The van der Waals surface area contributed by atoms with Crippen molar-refractivity contribution in [3.8, 4) is 0 Å². The van der Waals surface area contributed by atoms with Gasteiger partial charge in [-0.3, -0.25) is 4.74 Å². The van der Waals surface area contributed by atoms with Gasteiger partial charge < -0.3 is 0 Å². The number of morpholine rings is 1. The molecule has 1 rings (SSSR count). The van der Waals surface area contributed by atoms with Crippen molar-refractivity contribution in [2.75, 3.05) is 0 Å². The van der Waals surface area contributed by atoms with Gasteiger partial charge in [0.1, 0.15) is 0 Å². The number of ether oxygens (including phenoxy) is 1. The van der Waals surface area contributed by atoms with Crippen molar-refractivity contribution >= 4 is 0 Å². The molecule has 1 heterocycles. The average Bonchev–Trinajstić information content (AvgIpc) is 1.97. The van der Waals surface area contributed by atoms with Gasteiger partial charge in [0.05, 0.1) is 0 Å². The smallest absolute Gasteiger partial charge is 0.265 e. The molecule has 0 aromatic rings. The molecule has 1 radical (unpaired) electrons. The zero-order valence-electron chi connectivity index (χ0n) is 6.81. The monoisotopic (exact) mass is 262 g/mol. The lowest BCUT2D eigenvalue weighted by Gasteiger charge is -2.41. The SMILES string of the molecule is F[C]1NC(F)(F)C(F)(F)OC1(F)C(F)(F)F. The molecule has 0 bridgehead atoms. The summed E-state index contributed by atoms with van der Waals surface area (Å²) in [6.07, 6.45) is -15.4. The van der Waals surface area contributed by atoms with Crippen LogP contribution in [-0.4, -0.2) is 24.2 Å². The second kappa shape index (κ2) is 3.15. The van der Waals surface area contributed by atoms with Gasteiger partial charge in [0.15, 0.2) is 0 Å². The van der Waals surface area contributed by atoms with Crippen molar-refractivity contribution in [3.05, 3.63) is 6.30 Å². The second-order valence-corrected chi connectivity index (χ2v) is 2.73. The van der Waals surface area contributed by atoms with E-state index < -0.39 is 30.5 Å². The molecular formula is C5HF9NO. The van der Waals surface area contributed by atoms with Gasteiger partial charge in [-0.2, -0.15) is 35.1 Å². The van der Waals surface area contributed by atoms with Gasteiger partial charge >= 0.3 is 24.2 Å². The summed E-state index contributed by atoms with van der Waals surface area (Å²) in [5.74, 6) is -5.63. The molecule has 95 valence electrons. The molecule has 0 aromatic heterocycles. The first-order valence-electron chi connectivity index (χ1n) is 3.36. The van der Waals surface area contributed by atoms with Crippen LogP contribution in [0.4, 0.5) is 39.5 Å². The summed E-state index contributed by atoms with van der Waals surface area (Å²) in [7, 11) is 0. The quantitative estimate of drug-likeness (QED) is 0.535. The molecule has 0 spiro atoms. The van der Waals surface area contributed by atoms with Gasteiger partial charge in [0.25, 0.3) is 6.30 Å². The third kappa shape index (κ3) is 1.71. The highest BCUT2D eigenvalue weighted by Crippen LogP contribution is 2.52. The van der Waals surface area contributed by atoms with Crippen LogP contribution in [-0.2, 0) is 4.74 Å². The van der Waals surface area contributed by atoms with Crippen LogP contribution < -0.4 is 5.32 Å². The summed E-state index contributed by atoms with van der Waals surface area (Å²) in [4.78, 5) is 0. The molecule has 1 unspecified atom stereocenters. The molecule has 0 saturated carbocycles. The molecule has 1 aliphatic heterocycles. The van der Waals surface area contributed by atoms with E-state index in [1.54, 1.807) is 0 Å². The van der Waals surface area contributed by atoms with Crippen LogP contribution in [0, 0.1) is 6.30 Å². The van der Waals surface area contributed by atoms with E-state index in [9.17, 15) is 39.5 Å². The Balaban J connectivity index is 3.12. The van der Waals surface area contributed by atoms with Crippen molar-refractivity contribution in [3.63, 3.8) is 0 Å². The van der Waals surface area contributed by atoms with E-state index in [2.05, 4.69) is 4.74 Å². The first-order chi connectivity index (χ1) is 6.83. The summed E-state index contributed by atoms with van der Waals surface area (Å²) in [6.45, 7) is 0. The highest BCUT2D eigenvalue weighted by molar-refractivity contribution is 5.05. The van der Waals surface area contributed by atoms with Gasteiger partial charge in [0.2, 0.25) is 0 Å². The van der Waals surface area contributed by atoms with E-state index in [1.165, 1.54) is 0 Å². The summed E-state index contributed by atoms with van der Waals surface area (Å²) in [5, 5.41) is -0.210. The van der Waals surface area contributed by atoms with Crippen molar-refractivity contribution in [1.82, 2.24) is 5.32 Å². The Bertz CT molecular complexity index is 288. The molecule has 1 N–H and O–H groups in total. The van der Waals surface area contributed by atoms with E-state index in [0.29, 0.717) is 0 Å². The molecule has 1 fully saturated rings. The van der Waals surface area contributed by atoms with Crippen LogP contribution >= 0.6 is 0 Å². The lowest BCUT2D eigenvalue weighted by Crippen LogP contribution is -2.69. The Morgan fingerprint density at radius 3 is 1.81 bits per heavy atom. The van der Waals surface area contributed by atoms with Gasteiger partial charge in [-0.1, -0.05) is 0 Å². The standard InChI is InChI=1S/C5HF9NO/c6-1-2(7,3(8,9)10)16-5(13,14)4(11,12)15-1/h15H. The van der Waals surface area contributed by atoms with Crippen molar-refractivity contribution in [1.29, 1.82) is 0 Å². The van der Waals surface area contributed by atoms with Crippen molar-refractivity contribution in [2.24, 2.45) is 0 Å². The summed E-state index contributed by atoms with van der Waals surface area (Å²) < 4.78 is 111. The molecule has 2 nitrogen and oxygen atoms in total. The number of hydrogen-bond donors (Lipinski definition) is 1. The maximum atomic E-state index is 12.7. The predicted molar refractivity (Wildman–Crippen MR) is 28.4 cm³/mol. The van der Waals surface area contributed by atoms with Crippen molar-refractivity contribution < 1.29 is 44.3 Å². The molecule has 0 amide bonds. The van der Waals surface area contributed by atoms with Gasteiger partial charge in [-0.15, -0.1) is 0 Å². The molecular weight excluding hydrogens is 261 g/mol. The predicted octanol–water partition coefficient (Wildman–Crippen LogP) is 2.48. The third-order valence-electron chi connectivity index (χ3n) is 1.55. The molecule has 1 saturated heterocycles. The maximum Gasteiger partial charge on any atom is 0.453 e. The van der Waals surface area contributed by atoms with E-state index in [-0.39, 0.29) is 5.32 Å². The molecule has 0 aliphatic carbocycles. The van der Waals surface area contributed by atoms with E-state index in [0.717, 1.165) is 0 Å². The third-order valence-corrected chi connectivity index (χ3v) is 1.55. The topological polar surface area (TPSA) is 21.3 Å². The first kappa shape index (κ1) is 13.4. The largest absolute Gasteiger partial charge is 0.453 e. The number of rotatable bonds is 0. The van der Waals surface area contributed by atoms with Crippen molar-refractivity contribution in [2.45, 2.75) is 24.2 Å². The fraction of sp³-hybridized carbons (Fsp3) is 0.800. The molecule has 11 heteroatoms. The van der Waals surface area contributed by atoms with Gasteiger partial charge in [-0.25, -0.2) is 9.71 Å². The first-order valence-corrected chi connectivity index (χ1v) is 3.36. The van der Waals surface area contributed by atoms with Gasteiger partial charge in [0, 0.05) is 0 Å². The van der Waals surface area contributed by atoms with Crippen LogP contribution in [0.1, 0.15) is 0 Å². The lowest BCUT2D eigenvalue weighted by molar-refractivity contribution is -0.480. The zero-order chi connectivity index (χ0) is 13.0. The van der Waals surface area contributed by atoms with Crippen LogP contribution in [0.15, 0.2) is 0 Å². The summed E-state index contributed by atoms with van der Waals surface area (Å²) in [6, 6.07) is -5.49. The highest BCUT2D eigenvalue weighted by atomic mass is 19.4. The Morgan fingerprint density at radius 1 is 1.00 bits per heavy atom. The lowest BCUT2D eigenvalue weighted by atomic mass is 10.2. The summed E-state index contributed by atoms with van der Waals surface area (Å²) >= 11 is 0. The number of nitrogens with one attached hydrogen (secondary N) is 1. The van der Waals surface area contributed by atoms with E-state index >= 15 is 0 Å². The second-order valence-electron chi connectivity index (χ2n) is 2.73. The molecule has 1 atom stereocenters. The minimum Gasteiger partial charge on any atom is -0.265 e. The Morgan fingerprint density at radius 2 is 1.44 bits per heavy atom. The Hall–Kier alpha value is -0.710. The van der Waals surface area contributed by atoms with Crippen LogP contribution in [0.25, 0.3) is 0 Å². The van der Waals surface area contributed by atoms with Crippen LogP contribution in [0.5, 0.6) is 0 Å². The molecule has 1 aliphatic rings. The highest BCUT2D eigenvalue weighted by Gasteiger charge is 2.78. The maximum absolute atomic E-state index is 12.7. The fourth-order valence-corrected chi connectivity index (χ4v) is 0.759. The fourth-order valence-electron chi connectivity index (χ4n) is 0.759. The van der Waals surface area contributed by atoms with E-state index in [1.807, 2.05) is 0 Å². The number of halogens is 9. The number of hydrogen-bond acceptors (Lipinski definition) is 2. The zero-order valence-corrected chi connectivity index (χ0v) is 6.81. The number of alkyl halides is 8. The van der Waals surface area contributed by atoms with E-state index in [4.69, 9.17) is 0 Å². The average molecular weight is 262 g/mol. The molecule has 0 aromatic carbocycles. The normalized spacial score (nSPS) is 35.1. The van der Waals surface area contributed by atoms with Crippen LogP contribution in [0.3, 0.4) is 0 Å². The Kier molecular flexibility index (Phi) is 2.63. The summed E-state index contributed by atoms with van der Waals surface area (Å²) in [5.41, 5.74) is 0. The molecule has 16 heavy (non-hydrogen) atoms. The Labute approximate surface area is 81.3 Å². The van der Waals surface area contributed by atoms with Gasteiger partial charge in [-0.05, 0) is 0 Å². The van der Waals surface area contributed by atoms with Crippen LogP contribution in [0.2, 0.25) is 0 Å². The minimum atomic E-state index is -6.27.